The number of allylic oxidation sites excluding steroid dienone is 1. The zero-order valence-corrected chi connectivity index (χ0v) is 6.90. The van der Waals surface area contributed by atoms with E-state index >= 15 is 0 Å². The van der Waals surface area contributed by atoms with Crippen LogP contribution in [0.2, 0.25) is 0 Å². The molecule has 1 aromatic carbocycles. The van der Waals surface area contributed by atoms with Gasteiger partial charge in [-0.2, -0.15) is 0 Å². The van der Waals surface area contributed by atoms with Gasteiger partial charge in [-0.1, -0.05) is 30.3 Å². The van der Waals surface area contributed by atoms with Crippen molar-refractivity contribution in [2.75, 3.05) is 0 Å². The summed E-state index contributed by atoms with van der Waals surface area (Å²) in [5.41, 5.74) is 4.11. The molecule has 1 aliphatic heterocycles. The van der Waals surface area contributed by atoms with E-state index in [0.717, 1.165) is 5.56 Å². The molecule has 1 aromatic rings. The maximum atomic E-state index is 9.47. The van der Waals surface area contributed by atoms with Crippen LogP contribution in [0.3, 0.4) is 0 Å². The third-order valence-electron chi connectivity index (χ3n) is 1.77. The van der Waals surface area contributed by atoms with Crippen molar-refractivity contribution >= 4 is 5.70 Å². The van der Waals surface area contributed by atoms with Gasteiger partial charge in [-0.3, -0.25) is 0 Å². The number of nitrogens with one attached hydrogen (secondary N) is 1. The zero-order chi connectivity index (χ0) is 9.10. The molecule has 0 atom stereocenters. The summed E-state index contributed by atoms with van der Waals surface area (Å²) in [4.78, 5) is 4.86. The largest absolute Gasteiger partial charge is 0.506 e. The van der Waals surface area contributed by atoms with Crippen molar-refractivity contribution in [1.82, 2.24) is 5.48 Å². The summed E-state index contributed by atoms with van der Waals surface area (Å²) in [5, 5.41) is 9.47. The number of hydroxylamine groups is 1. The lowest BCUT2D eigenvalue weighted by atomic mass is 10.1. The fourth-order valence-electron chi connectivity index (χ4n) is 1.14. The van der Waals surface area contributed by atoms with E-state index in [1.807, 2.05) is 30.3 Å². The molecule has 13 heavy (non-hydrogen) atoms. The Labute approximate surface area is 75.9 Å². The smallest absolute Gasteiger partial charge is 0.145 e. The van der Waals surface area contributed by atoms with Crippen LogP contribution in [-0.2, 0) is 4.84 Å². The number of hydrogen-bond donors (Lipinski definition) is 2. The molecule has 1 aliphatic rings. The van der Waals surface area contributed by atoms with Crippen LogP contribution in [0.25, 0.3) is 5.70 Å². The van der Waals surface area contributed by atoms with Crippen molar-refractivity contribution in [1.29, 1.82) is 0 Å². The molecule has 0 aliphatic carbocycles. The lowest BCUT2D eigenvalue weighted by Gasteiger charge is -2.14. The summed E-state index contributed by atoms with van der Waals surface area (Å²) in [6.45, 7) is 0. The highest BCUT2D eigenvalue weighted by Gasteiger charge is 2.08. The van der Waals surface area contributed by atoms with Crippen LogP contribution in [0.4, 0.5) is 0 Å². The number of hydrogen-bond acceptors (Lipinski definition) is 3. The molecule has 2 N–H and O–H groups in total. The fraction of sp³-hybridized carbons (Fsp3) is 0. The van der Waals surface area contributed by atoms with Gasteiger partial charge in [0.25, 0.3) is 0 Å². The molecule has 0 bridgehead atoms. The molecule has 0 radical (unpaired) electrons. The summed E-state index contributed by atoms with van der Waals surface area (Å²) in [7, 11) is 0. The van der Waals surface area contributed by atoms with E-state index in [1.165, 1.54) is 12.3 Å². The van der Waals surface area contributed by atoms with Crippen LogP contribution in [0.1, 0.15) is 5.56 Å². The second-order valence-electron chi connectivity index (χ2n) is 2.65. The second-order valence-corrected chi connectivity index (χ2v) is 2.65. The van der Waals surface area contributed by atoms with Crippen molar-refractivity contribution in [3.63, 3.8) is 0 Å². The van der Waals surface area contributed by atoms with Crippen molar-refractivity contribution in [3.8, 4) is 0 Å². The van der Waals surface area contributed by atoms with Gasteiger partial charge >= 0.3 is 0 Å². The summed E-state index contributed by atoms with van der Waals surface area (Å²) < 4.78 is 0. The van der Waals surface area contributed by atoms with Crippen molar-refractivity contribution < 1.29 is 9.94 Å². The summed E-state index contributed by atoms with van der Waals surface area (Å²) >= 11 is 0. The Morgan fingerprint density at radius 2 is 1.92 bits per heavy atom. The second kappa shape index (κ2) is 3.23. The van der Waals surface area contributed by atoms with Crippen LogP contribution in [-0.4, -0.2) is 5.11 Å². The quantitative estimate of drug-likeness (QED) is 0.685. The molecule has 3 nitrogen and oxygen atoms in total. The first-order valence-electron chi connectivity index (χ1n) is 3.95. The van der Waals surface area contributed by atoms with E-state index in [1.54, 1.807) is 0 Å². The Balaban J connectivity index is 2.41. The summed E-state index contributed by atoms with van der Waals surface area (Å²) in [6.07, 6.45) is 2.89. The van der Waals surface area contributed by atoms with Crippen LogP contribution in [0.15, 0.2) is 48.4 Å². The topological polar surface area (TPSA) is 41.5 Å². The Kier molecular flexibility index (Phi) is 1.92. The fourth-order valence-corrected chi connectivity index (χ4v) is 1.14. The van der Waals surface area contributed by atoms with E-state index in [-0.39, 0.29) is 5.76 Å². The van der Waals surface area contributed by atoms with Gasteiger partial charge in [-0.05, 0) is 0 Å². The number of aliphatic hydroxyl groups excluding tert-OH is 1. The van der Waals surface area contributed by atoms with Crippen molar-refractivity contribution in [2.45, 2.75) is 0 Å². The van der Waals surface area contributed by atoms with Gasteiger partial charge in [0.1, 0.15) is 17.7 Å². The van der Waals surface area contributed by atoms with Crippen molar-refractivity contribution in [2.24, 2.45) is 0 Å². The maximum absolute atomic E-state index is 9.47. The molecule has 2 rings (SSSR count). The summed E-state index contributed by atoms with van der Waals surface area (Å²) in [6, 6.07) is 9.49. The first kappa shape index (κ1) is 7.73. The number of benzene rings is 1. The van der Waals surface area contributed by atoms with Gasteiger partial charge in [-0.25, -0.2) is 5.48 Å². The average molecular weight is 175 g/mol. The maximum Gasteiger partial charge on any atom is 0.145 e. The molecular weight excluding hydrogens is 166 g/mol. The molecular formula is C10H9NO2. The summed E-state index contributed by atoms with van der Waals surface area (Å²) in [5.74, 6) is 0.178. The monoisotopic (exact) mass is 175 g/mol. The first-order chi connectivity index (χ1) is 6.38. The Bertz CT molecular complexity index is 354. The van der Waals surface area contributed by atoms with E-state index in [0.29, 0.717) is 5.70 Å². The third-order valence-corrected chi connectivity index (χ3v) is 1.77. The SMILES string of the molecule is OC1=C(c2ccccc2)NOC=C1. The molecule has 66 valence electrons. The van der Waals surface area contributed by atoms with Crippen LogP contribution < -0.4 is 5.48 Å². The van der Waals surface area contributed by atoms with Gasteiger partial charge in [0.15, 0.2) is 0 Å². The van der Waals surface area contributed by atoms with E-state index < -0.39 is 0 Å². The number of rotatable bonds is 1. The normalized spacial score (nSPS) is 15.1. The third kappa shape index (κ3) is 1.49. The molecule has 1 heterocycles. The van der Waals surface area contributed by atoms with E-state index in [4.69, 9.17) is 4.84 Å². The number of aliphatic hydroxyl groups is 1. The first-order valence-corrected chi connectivity index (χ1v) is 3.95. The Morgan fingerprint density at radius 1 is 1.15 bits per heavy atom. The molecule has 0 saturated carbocycles. The van der Waals surface area contributed by atoms with Gasteiger partial charge in [-0.15, -0.1) is 0 Å². The lowest BCUT2D eigenvalue weighted by molar-refractivity contribution is 0.173. The van der Waals surface area contributed by atoms with Gasteiger partial charge in [0, 0.05) is 11.6 Å². The average Bonchev–Trinajstić information content (AvgIpc) is 2.20. The minimum atomic E-state index is 0.178. The van der Waals surface area contributed by atoms with Crippen LogP contribution in [0.5, 0.6) is 0 Å². The minimum Gasteiger partial charge on any atom is -0.506 e. The predicted octanol–water partition coefficient (Wildman–Crippen LogP) is 1.96. The molecule has 0 saturated heterocycles. The predicted molar refractivity (Wildman–Crippen MR) is 49.4 cm³/mol. The van der Waals surface area contributed by atoms with Gasteiger partial charge in [0.05, 0.1) is 0 Å². The van der Waals surface area contributed by atoms with Crippen LogP contribution >= 0.6 is 0 Å². The Morgan fingerprint density at radius 3 is 2.62 bits per heavy atom. The molecule has 0 aromatic heterocycles. The molecule has 0 spiro atoms. The highest BCUT2D eigenvalue weighted by Crippen LogP contribution is 2.17. The van der Waals surface area contributed by atoms with Gasteiger partial charge < -0.3 is 9.94 Å². The molecule has 3 heteroatoms. The van der Waals surface area contributed by atoms with Crippen molar-refractivity contribution in [3.05, 3.63) is 54.0 Å². The minimum absolute atomic E-state index is 0.178. The standard InChI is InChI=1S/C10H9NO2/c12-9-6-7-13-11-10(9)8-4-2-1-3-5-8/h1-7,11-12H. The highest BCUT2D eigenvalue weighted by molar-refractivity contribution is 5.67. The molecule has 0 fully saturated rings. The lowest BCUT2D eigenvalue weighted by Crippen LogP contribution is -2.14. The molecule has 0 unspecified atom stereocenters. The Hall–Kier alpha value is -1.90. The zero-order valence-electron chi connectivity index (χ0n) is 6.90. The van der Waals surface area contributed by atoms with Crippen LogP contribution in [0, 0.1) is 0 Å². The molecule has 0 amide bonds. The highest BCUT2D eigenvalue weighted by atomic mass is 16.6. The van der Waals surface area contributed by atoms with E-state index in [9.17, 15) is 5.11 Å². The van der Waals surface area contributed by atoms with Gasteiger partial charge in [0.2, 0.25) is 0 Å². The van der Waals surface area contributed by atoms with E-state index in [2.05, 4.69) is 5.48 Å².